The minimum atomic E-state index is -0.362. The van der Waals surface area contributed by atoms with Crippen LogP contribution in [0.5, 0.6) is 0 Å². The zero-order chi connectivity index (χ0) is 26.6. The number of carbonyl (C=O) groups excluding carboxylic acids is 2. The average molecular weight is 597 g/mol. The van der Waals surface area contributed by atoms with E-state index in [0.29, 0.717) is 37.8 Å². The van der Waals surface area contributed by atoms with E-state index in [1.165, 1.54) is 11.8 Å². The lowest BCUT2D eigenvalue weighted by Crippen LogP contribution is -2.46. The van der Waals surface area contributed by atoms with Gasteiger partial charge >= 0.3 is 5.97 Å². The molecule has 2 unspecified atom stereocenters. The van der Waals surface area contributed by atoms with Crippen molar-refractivity contribution in [3.05, 3.63) is 58.6 Å². The highest BCUT2D eigenvalue weighted by molar-refractivity contribution is 9.10. The number of hydrogen-bond donors (Lipinski definition) is 0. The van der Waals surface area contributed by atoms with Crippen molar-refractivity contribution >= 4 is 61.6 Å². The number of esters is 1. The maximum Gasteiger partial charge on any atom is 0.310 e. The average Bonchev–Trinajstić information content (AvgIpc) is 3.25. The van der Waals surface area contributed by atoms with E-state index in [2.05, 4.69) is 48.9 Å². The standard InChI is InChI=1S/C28H30BrN5O3S/c1-3-23(26(35)33-15-7-8-19(17-33)27(36)37-4-2)38-28-30-25-24(31-32-28)21-9-5-6-10-22(21)34(25)16-18-11-13-20(29)14-12-18/h5-6,9-14,19,23H,3-4,7-8,15-17H2,1-2H3. The van der Waals surface area contributed by atoms with Gasteiger partial charge in [0.15, 0.2) is 5.65 Å². The van der Waals surface area contributed by atoms with E-state index in [0.717, 1.165) is 44.9 Å². The van der Waals surface area contributed by atoms with E-state index in [1.807, 2.05) is 37.3 Å². The van der Waals surface area contributed by atoms with Crippen molar-refractivity contribution in [3.8, 4) is 0 Å². The molecule has 5 rings (SSSR count). The van der Waals surface area contributed by atoms with Crippen molar-refractivity contribution in [1.82, 2.24) is 24.6 Å². The fourth-order valence-corrected chi connectivity index (χ4v) is 6.10. The summed E-state index contributed by atoms with van der Waals surface area (Å²) in [7, 11) is 0. The van der Waals surface area contributed by atoms with E-state index in [4.69, 9.17) is 9.72 Å². The molecule has 2 aromatic heterocycles. The van der Waals surface area contributed by atoms with Crippen LogP contribution in [0.4, 0.5) is 0 Å². The molecule has 4 aromatic rings. The molecule has 1 amide bonds. The number of amides is 1. The Hall–Kier alpha value is -2.98. The van der Waals surface area contributed by atoms with Crippen LogP contribution >= 0.6 is 27.7 Å². The topological polar surface area (TPSA) is 90.2 Å². The van der Waals surface area contributed by atoms with Crippen molar-refractivity contribution in [3.63, 3.8) is 0 Å². The first-order chi connectivity index (χ1) is 18.5. The van der Waals surface area contributed by atoms with Crippen LogP contribution in [-0.2, 0) is 20.9 Å². The zero-order valence-corrected chi connectivity index (χ0v) is 23.9. The van der Waals surface area contributed by atoms with Crippen LogP contribution in [-0.4, -0.2) is 61.5 Å². The Morgan fingerprint density at radius 2 is 1.92 bits per heavy atom. The predicted octanol–water partition coefficient (Wildman–Crippen LogP) is 5.46. The second-order valence-electron chi connectivity index (χ2n) is 9.39. The summed E-state index contributed by atoms with van der Waals surface area (Å²) in [6.45, 7) is 5.82. The molecule has 0 bridgehead atoms. The molecule has 1 aliphatic heterocycles. The van der Waals surface area contributed by atoms with Crippen molar-refractivity contribution in [2.75, 3.05) is 19.7 Å². The Balaban J connectivity index is 1.41. The molecule has 0 N–H and O–H groups in total. The van der Waals surface area contributed by atoms with Crippen molar-refractivity contribution in [2.24, 2.45) is 5.92 Å². The number of carbonyl (C=O) groups is 2. The molecule has 2 aromatic carbocycles. The SMILES string of the molecule is CCOC(=O)C1CCCN(C(=O)C(CC)Sc2nnc3c4ccccc4n(Cc4ccc(Br)cc4)c3n2)C1. The Morgan fingerprint density at radius 3 is 2.68 bits per heavy atom. The number of para-hydroxylation sites is 1. The molecule has 198 valence electrons. The van der Waals surface area contributed by atoms with Crippen LogP contribution in [0, 0.1) is 5.92 Å². The fourth-order valence-electron chi connectivity index (χ4n) is 4.94. The lowest BCUT2D eigenvalue weighted by Gasteiger charge is -2.33. The number of rotatable bonds is 8. The maximum absolute atomic E-state index is 13.5. The molecular weight excluding hydrogens is 566 g/mol. The minimum Gasteiger partial charge on any atom is -0.466 e. The highest BCUT2D eigenvalue weighted by Gasteiger charge is 2.33. The van der Waals surface area contributed by atoms with Crippen molar-refractivity contribution < 1.29 is 14.3 Å². The summed E-state index contributed by atoms with van der Waals surface area (Å²) in [4.78, 5) is 32.4. The van der Waals surface area contributed by atoms with Gasteiger partial charge in [-0.05, 0) is 49.9 Å². The molecule has 3 heterocycles. The third-order valence-corrected chi connectivity index (χ3v) is 8.59. The van der Waals surface area contributed by atoms with Crippen LogP contribution < -0.4 is 0 Å². The first kappa shape index (κ1) is 26.6. The second kappa shape index (κ2) is 11.8. The van der Waals surface area contributed by atoms with E-state index in [9.17, 15) is 9.59 Å². The summed E-state index contributed by atoms with van der Waals surface area (Å²) in [6, 6.07) is 16.3. The molecule has 0 saturated carbocycles. The highest BCUT2D eigenvalue weighted by Crippen LogP contribution is 2.31. The van der Waals surface area contributed by atoms with Gasteiger partial charge in [0.2, 0.25) is 11.1 Å². The Labute approximate surface area is 234 Å². The van der Waals surface area contributed by atoms with Crippen LogP contribution in [0.25, 0.3) is 22.1 Å². The van der Waals surface area contributed by atoms with Crippen LogP contribution in [0.3, 0.4) is 0 Å². The van der Waals surface area contributed by atoms with Gasteiger partial charge in [0.1, 0.15) is 5.52 Å². The van der Waals surface area contributed by atoms with Gasteiger partial charge in [0.05, 0.1) is 23.3 Å². The Bertz CT molecular complexity index is 1460. The van der Waals surface area contributed by atoms with Gasteiger partial charge in [-0.3, -0.25) is 9.59 Å². The maximum atomic E-state index is 13.5. The quantitative estimate of drug-likeness (QED) is 0.197. The van der Waals surface area contributed by atoms with Gasteiger partial charge in [-0.25, -0.2) is 4.98 Å². The number of nitrogens with zero attached hydrogens (tertiary/aromatic N) is 5. The summed E-state index contributed by atoms with van der Waals surface area (Å²) in [5, 5.41) is 10.1. The van der Waals surface area contributed by atoms with E-state index in [-0.39, 0.29) is 23.0 Å². The van der Waals surface area contributed by atoms with Gasteiger partial charge in [-0.2, -0.15) is 0 Å². The number of thioether (sulfide) groups is 1. The largest absolute Gasteiger partial charge is 0.466 e. The molecule has 2 atom stereocenters. The molecule has 10 heteroatoms. The van der Waals surface area contributed by atoms with E-state index >= 15 is 0 Å². The summed E-state index contributed by atoms with van der Waals surface area (Å²) in [6.07, 6.45) is 2.16. The number of piperidine rings is 1. The third kappa shape index (κ3) is 5.56. The highest BCUT2D eigenvalue weighted by atomic mass is 79.9. The van der Waals surface area contributed by atoms with Gasteiger partial charge in [0.25, 0.3) is 0 Å². The zero-order valence-electron chi connectivity index (χ0n) is 21.5. The number of hydrogen-bond acceptors (Lipinski definition) is 7. The summed E-state index contributed by atoms with van der Waals surface area (Å²) in [5.74, 6) is -0.480. The third-order valence-electron chi connectivity index (χ3n) is 6.86. The normalized spacial score (nSPS) is 16.6. The Kier molecular flexibility index (Phi) is 8.28. The van der Waals surface area contributed by atoms with Gasteiger partial charge in [-0.15, -0.1) is 10.2 Å². The van der Waals surface area contributed by atoms with Gasteiger partial charge < -0.3 is 14.2 Å². The van der Waals surface area contributed by atoms with Crippen LogP contribution in [0.15, 0.2) is 58.2 Å². The Morgan fingerprint density at radius 1 is 1.13 bits per heavy atom. The number of halogens is 1. The number of ether oxygens (including phenoxy) is 1. The molecule has 0 spiro atoms. The molecular formula is C28H30BrN5O3S. The minimum absolute atomic E-state index is 0.00519. The van der Waals surface area contributed by atoms with Crippen LogP contribution in [0.2, 0.25) is 0 Å². The second-order valence-corrected chi connectivity index (χ2v) is 11.5. The lowest BCUT2D eigenvalue weighted by molar-refractivity contribution is -0.151. The monoisotopic (exact) mass is 595 g/mol. The number of fused-ring (bicyclic) bond motifs is 3. The molecule has 1 aliphatic rings. The molecule has 38 heavy (non-hydrogen) atoms. The van der Waals surface area contributed by atoms with E-state index in [1.54, 1.807) is 11.8 Å². The molecule has 0 aliphatic carbocycles. The number of benzene rings is 2. The van der Waals surface area contributed by atoms with Gasteiger partial charge in [0, 0.05) is 29.5 Å². The van der Waals surface area contributed by atoms with Crippen molar-refractivity contribution in [2.45, 2.75) is 50.1 Å². The fraction of sp³-hybridized carbons (Fsp3) is 0.393. The summed E-state index contributed by atoms with van der Waals surface area (Å²) < 4.78 is 8.39. The number of likely N-dealkylation sites (tertiary alicyclic amines) is 1. The summed E-state index contributed by atoms with van der Waals surface area (Å²) in [5.41, 5.74) is 3.67. The smallest absolute Gasteiger partial charge is 0.310 e. The van der Waals surface area contributed by atoms with E-state index < -0.39 is 0 Å². The van der Waals surface area contributed by atoms with Gasteiger partial charge in [-0.1, -0.05) is 64.9 Å². The number of aromatic nitrogens is 4. The molecule has 0 radical (unpaired) electrons. The van der Waals surface area contributed by atoms with Crippen LogP contribution in [0.1, 0.15) is 38.7 Å². The molecule has 1 saturated heterocycles. The predicted molar refractivity (Wildman–Crippen MR) is 152 cm³/mol. The first-order valence-electron chi connectivity index (χ1n) is 13.0. The van der Waals surface area contributed by atoms with Crippen molar-refractivity contribution in [1.29, 1.82) is 0 Å². The lowest BCUT2D eigenvalue weighted by atomic mass is 9.98. The molecule has 8 nitrogen and oxygen atoms in total. The molecule has 1 fully saturated rings. The summed E-state index contributed by atoms with van der Waals surface area (Å²) >= 11 is 4.85. The first-order valence-corrected chi connectivity index (χ1v) is 14.6.